The van der Waals surface area contributed by atoms with Crippen molar-refractivity contribution in [2.24, 2.45) is 10.9 Å². The van der Waals surface area contributed by atoms with E-state index in [0.29, 0.717) is 23.4 Å². The van der Waals surface area contributed by atoms with Gasteiger partial charge in [-0.05, 0) is 48.4 Å². The van der Waals surface area contributed by atoms with Crippen LogP contribution >= 0.6 is 0 Å². The maximum Gasteiger partial charge on any atom is 0.322 e. The molecule has 2 aromatic rings. The predicted octanol–water partition coefficient (Wildman–Crippen LogP) is 2.63. The zero-order chi connectivity index (χ0) is 25.0. The minimum Gasteiger partial charge on any atom is -0.497 e. The molecule has 2 aromatic carbocycles. The number of carbonyl (C=O) groups is 3. The molecule has 0 radical (unpaired) electrons. The maximum atomic E-state index is 13.1. The van der Waals surface area contributed by atoms with Crippen LogP contribution in [0, 0.1) is 17.8 Å². The first kappa shape index (κ1) is 23.8. The average Bonchev–Trinajstić information content (AvgIpc) is 3.32. The first-order chi connectivity index (χ1) is 16.9. The summed E-state index contributed by atoms with van der Waals surface area (Å²) in [5.41, 5.74) is 1.31. The molecule has 2 aliphatic rings. The summed E-state index contributed by atoms with van der Waals surface area (Å²) in [4.78, 5) is 43.7. The minimum atomic E-state index is -1.40. The molecule has 8 nitrogen and oxygen atoms in total. The lowest BCUT2D eigenvalue weighted by molar-refractivity contribution is -0.124. The van der Waals surface area contributed by atoms with Crippen molar-refractivity contribution in [3.8, 4) is 17.6 Å². The first-order valence-electron chi connectivity index (χ1n) is 11.2. The van der Waals surface area contributed by atoms with Gasteiger partial charge >= 0.3 is 6.03 Å². The quantitative estimate of drug-likeness (QED) is 0.385. The molecule has 0 aliphatic carbocycles. The fraction of sp³-hybridized carbons (Fsp3) is 0.259. The number of fused-ring (bicyclic) bond motifs is 1. The molecule has 2 N–H and O–H groups in total. The van der Waals surface area contributed by atoms with Crippen LogP contribution in [-0.4, -0.2) is 49.7 Å². The molecule has 2 unspecified atom stereocenters. The number of allylic oxidation sites excluding steroid dienone is 2. The number of rotatable bonds is 6. The van der Waals surface area contributed by atoms with Crippen LogP contribution in [0.1, 0.15) is 34.0 Å². The summed E-state index contributed by atoms with van der Waals surface area (Å²) in [5.74, 6) is 6.17. The Labute approximate surface area is 204 Å². The van der Waals surface area contributed by atoms with Crippen molar-refractivity contribution in [3.63, 3.8) is 0 Å². The molecule has 0 aromatic heterocycles. The Bertz CT molecular complexity index is 1290. The van der Waals surface area contributed by atoms with Crippen molar-refractivity contribution in [3.05, 3.63) is 76.9 Å². The topological polar surface area (TPSA) is 100 Å². The van der Waals surface area contributed by atoms with Gasteiger partial charge in [-0.15, -0.1) is 0 Å². The Morgan fingerprint density at radius 3 is 2.63 bits per heavy atom. The molecule has 35 heavy (non-hydrogen) atoms. The molecule has 2 aliphatic heterocycles. The van der Waals surface area contributed by atoms with E-state index in [1.807, 2.05) is 25.1 Å². The molecule has 2 heterocycles. The van der Waals surface area contributed by atoms with Gasteiger partial charge in [-0.25, -0.2) is 4.79 Å². The lowest BCUT2D eigenvalue weighted by Gasteiger charge is -2.31. The average molecular weight is 471 g/mol. The maximum absolute atomic E-state index is 13.1. The monoisotopic (exact) mass is 470 g/mol. The number of hydrogen-bond donors (Lipinski definition) is 2. The Balaban J connectivity index is 1.58. The van der Waals surface area contributed by atoms with Gasteiger partial charge in [0.15, 0.2) is 5.54 Å². The number of nitrogens with one attached hydrogen (secondary N) is 2. The second kappa shape index (κ2) is 9.85. The van der Waals surface area contributed by atoms with Crippen LogP contribution in [0.15, 0.2) is 59.6 Å². The van der Waals surface area contributed by atoms with Gasteiger partial charge in [0, 0.05) is 36.9 Å². The van der Waals surface area contributed by atoms with Gasteiger partial charge in [0.25, 0.3) is 11.8 Å². The second-order valence-electron chi connectivity index (χ2n) is 8.43. The Hall–Kier alpha value is -4.38. The lowest BCUT2D eigenvalue weighted by atomic mass is 9.88. The van der Waals surface area contributed by atoms with E-state index < -0.39 is 17.5 Å². The number of imide groups is 1. The van der Waals surface area contributed by atoms with Crippen molar-refractivity contribution in [2.45, 2.75) is 19.0 Å². The van der Waals surface area contributed by atoms with Crippen LogP contribution in [0.2, 0.25) is 0 Å². The molecule has 1 fully saturated rings. The summed E-state index contributed by atoms with van der Waals surface area (Å²) in [6.07, 6.45) is 5.50. The third-order valence-electron chi connectivity index (χ3n) is 6.02. The van der Waals surface area contributed by atoms with Gasteiger partial charge in [0.1, 0.15) is 5.75 Å². The van der Waals surface area contributed by atoms with Gasteiger partial charge in [0.05, 0.1) is 13.7 Å². The standard InChI is InChI=1S/C27H26N4O4/c1-18(5-4-14-28-2)6-7-19-8-11-21(12-9-19)27(25(33)29-26(34)30-27)17-31-16-20-10-13-22(35-3)15-23(20)24(31)32/h4-5,8-15,18H,16-17H2,1-3H3,(H2,29,30,33,34)/b5-4-,28-14?. The summed E-state index contributed by atoms with van der Waals surface area (Å²) in [5, 5.41) is 5.07. The van der Waals surface area contributed by atoms with Crippen molar-refractivity contribution in [1.29, 1.82) is 0 Å². The molecule has 8 heteroatoms. The molecule has 4 rings (SSSR count). The highest BCUT2D eigenvalue weighted by molar-refractivity contribution is 6.08. The van der Waals surface area contributed by atoms with Gasteiger partial charge in [0.2, 0.25) is 0 Å². The number of methoxy groups -OCH3 is 1. The van der Waals surface area contributed by atoms with Crippen molar-refractivity contribution >= 4 is 24.1 Å². The number of nitrogens with zero attached hydrogens (tertiary/aromatic N) is 2. The SMILES string of the molecule is CN=C/C=C\C(C)C#Cc1ccc(C2(CN3Cc4ccc(OC)cc4C3=O)NC(=O)NC2=O)cc1. The van der Waals surface area contributed by atoms with E-state index in [1.165, 1.54) is 0 Å². The van der Waals surface area contributed by atoms with E-state index in [9.17, 15) is 14.4 Å². The van der Waals surface area contributed by atoms with Crippen LogP contribution in [0.5, 0.6) is 5.75 Å². The van der Waals surface area contributed by atoms with Gasteiger partial charge < -0.3 is 15.0 Å². The smallest absolute Gasteiger partial charge is 0.322 e. The largest absolute Gasteiger partial charge is 0.497 e. The van der Waals surface area contributed by atoms with E-state index in [4.69, 9.17) is 4.74 Å². The van der Waals surface area contributed by atoms with Crippen LogP contribution in [0.3, 0.4) is 0 Å². The van der Waals surface area contributed by atoms with Crippen molar-refractivity contribution < 1.29 is 19.1 Å². The number of benzene rings is 2. The number of ether oxygens (including phenoxy) is 1. The number of amides is 4. The van der Waals surface area contributed by atoms with Crippen LogP contribution < -0.4 is 15.4 Å². The van der Waals surface area contributed by atoms with E-state index in [-0.39, 0.29) is 18.4 Å². The fourth-order valence-electron chi connectivity index (χ4n) is 4.16. The van der Waals surface area contributed by atoms with Crippen LogP contribution in [-0.2, 0) is 16.9 Å². The van der Waals surface area contributed by atoms with Gasteiger partial charge in [-0.2, -0.15) is 0 Å². The zero-order valence-corrected chi connectivity index (χ0v) is 19.8. The van der Waals surface area contributed by atoms with Gasteiger partial charge in [-0.1, -0.05) is 36.1 Å². The molecule has 0 saturated carbocycles. The summed E-state index contributed by atoms with van der Waals surface area (Å²) in [6, 6.07) is 11.9. The van der Waals surface area contributed by atoms with E-state index >= 15 is 0 Å². The fourth-order valence-corrected chi connectivity index (χ4v) is 4.16. The highest BCUT2D eigenvalue weighted by atomic mass is 16.5. The molecular weight excluding hydrogens is 444 g/mol. The molecule has 0 bridgehead atoms. The number of urea groups is 1. The zero-order valence-electron chi connectivity index (χ0n) is 19.8. The van der Waals surface area contributed by atoms with E-state index in [1.54, 1.807) is 61.7 Å². The molecule has 4 amide bonds. The Morgan fingerprint density at radius 2 is 1.97 bits per heavy atom. The molecule has 0 spiro atoms. The van der Waals surface area contributed by atoms with Crippen molar-refractivity contribution in [1.82, 2.24) is 15.5 Å². The number of aliphatic imine (C=N–C) groups is 1. The van der Waals surface area contributed by atoms with E-state index in [2.05, 4.69) is 27.5 Å². The predicted molar refractivity (Wildman–Crippen MR) is 132 cm³/mol. The summed E-state index contributed by atoms with van der Waals surface area (Å²) in [6.45, 7) is 2.31. The summed E-state index contributed by atoms with van der Waals surface area (Å²) in [7, 11) is 3.25. The second-order valence-corrected chi connectivity index (χ2v) is 8.43. The Morgan fingerprint density at radius 1 is 1.20 bits per heavy atom. The third kappa shape index (κ3) is 4.80. The molecule has 1 saturated heterocycles. The molecular formula is C27H26N4O4. The Kier molecular flexibility index (Phi) is 6.69. The number of hydrogen-bond acceptors (Lipinski definition) is 5. The van der Waals surface area contributed by atoms with Crippen LogP contribution in [0.25, 0.3) is 0 Å². The minimum absolute atomic E-state index is 0.00770. The highest BCUT2D eigenvalue weighted by Gasteiger charge is 2.50. The van der Waals surface area contributed by atoms with E-state index in [0.717, 1.165) is 11.1 Å². The van der Waals surface area contributed by atoms with Crippen LogP contribution in [0.4, 0.5) is 4.79 Å². The summed E-state index contributed by atoms with van der Waals surface area (Å²) < 4.78 is 5.23. The highest BCUT2D eigenvalue weighted by Crippen LogP contribution is 2.32. The van der Waals surface area contributed by atoms with Crippen molar-refractivity contribution in [2.75, 3.05) is 20.7 Å². The first-order valence-corrected chi connectivity index (χ1v) is 11.2. The number of carbonyl (C=O) groups excluding carboxylic acids is 3. The third-order valence-corrected chi connectivity index (χ3v) is 6.02. The normalized spacial score (nSPS) is 20.0. The molecule has 178 valence electrons. The lowest BCUT2D eigenvalue weighted by Crippen LogP contribution is -2.52. The molecule has 2 atom stereocenters. The summed E-state index contributed by atoms with van der Waals surface area (Å²) >= 11 is 0. The van der Waals surface area contributed by atoms with Gasteiger partial charge in [-0.3, -0.25) is 19.9 Å².